The summed E-state index contributed by atoms with van der Waals surface area (Å²) < 4.78 is 0. The third kappa shape index (κ3) is 3.49. The molecule has 0 amide bonds. The SMILES string of the molecule is CC(NC1CCCSC1)c1ccc(Cl)c(Cl)c1Cl. The highest BCUT2D eigenvalue weighted by Crippen LogP contribution is 2.35. The molecule has 1 fully saturated rings. The molecule has 1 aromatic carbocycles. The van der Waals surface area contributed by atoms with Gasteiger partial charge in [-0.25, -0.2) is 0 Å². The Hall–Kier alpha value is 0.400. The average molecular weight is 325 g/mol. The van der Waals surface area contributed by atoms with E-state index in [4.69, 9.17) is 34.8 Å². The van der Waals surface area contributed by atoms with Crippen LogP contribution in [0.25, 0.3) is 0 Å². The number of halogens is 3. The Balaban J connectivity index is 2.08. The summed E-state index contributed by atoms with van der Waals surface area (Å²) in [6.45, 7) is 2.12. The molecular formula is C13H16Cl3NS. The van der Waals surface area contributed by atoms with Gasteiger partial charge in [-0.2, -0.15) is 11.8 Å². The highest BCUT2D eigenvalue weighted by Gasteiger charge is 2.19. The predicted octanol–water partition coefficient (Wildman–Crippen LogP) is 5.19. The van der Waals surface area contributed by atoms with Crippen molar-refractivity contribution in [3.05, 3.63) is 32.8 Å². The van der Waals surface area contributed by atoms with E-state index in [2.05, 4.69) is 12.2 Å². The first-order chi connectivity index (χ1) is 8.59. The first kappa shape index (κ1) is 14.8. The smallest absolute Gasteiger partial charge is 0.0781 e. The van der Waals surface area contributed by atoms with Gasteiger partial charge in [0.15, 0.2) is 0 Å². The van der Waals surface area contributed by atoms with Gasteiger partial charge in [0.1, 0.15) is 0 Å². The van der Waals surface area contributed by atoms with E-state index in [0.717, 1.165) is 5.56 Å². The van der Waals surface area contributed by atoms with E-state index in [1.54, 1.807) is 6.07 Å². The molecule has 1 aliphatic heterocycles. The number of benzene rings is 1. The first-order valence-corrected chi connectivity index (χ1v) is 8.35. The molecule has 1 N–H and O–H groups in total. The summed E-state index contributed by atoms with van der Waals surface area (Å²) in [4.78, 5) is 0. The van der Waals surface area contributed by atoms with Crippen molar-refractivity contribution in [2.45, 2.75) is 31.8 Å². The van der Waals surface area contributed by atoms with Gasteiger partial charge in [-0.3, -0.25) is 0 Å². The zero-order valence-corrected chi connectivity index (χ0v) is 13.3. The number of nitrogens with one attached hydrogen (secondary N) is 1. The molecule has 1 heterocycles. The Morgan fingerprint density at radius 1 is 1.28 bits per heavy atom. The van der Waals surface area contributed by atoms with Crippen LogP contribution in [0.2, 0.25) is 15.1 Å². The Bertz CT molecular complexity index is 419. The lowest BCUT2D eigenvalue weighted by molar-refractivity contribution is 0.453. The van der Waals surface area contributed by atoms with Crippen LogP contribution in [0.4, 0.5) is 0 Å². The molecule has 0 spiro atoms. The second kappa shape index (κ2) is 6.71. The highest BCUT2D eigenvalue weighted by atomic mass is 35.5. The maximum absolute atomic E-state index is 6.25. The van der Waals surface area contributed by atoms with Crippen molar-refractivity contribution < 1.29 is 0 Å². The first-order valence-electron chi connectivity index (χ1n) is 6.06. The lowest BCUT2D eigenvalue weighted by Crippen LogP contribution is -2.35. The molecule has 0 aromatic heterocycles. The molecular weight excluding hydrogens is 309 g/mol. The largest absolute Gasteiger partial charge is 0.307 e. The normalized spacial score (nSPS) is 21.9. The van der Waals surface area contributed by atoms with E-state index in [1.807, 2.05) is 17.8 Å². The molecule has 0 radical (unpaired) electrons. The van der Waals surface area contributed by atoms with Crippen molar-refractivity contribution in [2.75, 3.05) is 11.5 Å². The van der Waals surface area contributed by atoms with Gasteiger partial charge in [-0.1, -0.05) is 40.9 Å². The quantitative estimate of drug-likeness (QED) is 0.768. The van der Waals surface area contributed by atoms with Crippen molar-refractivity contribution >= 4 is 46.6 Å². The molecule has 1 nitrogen and oxygen atoms in total. The van der Waals surface area contributed by atoms with Crippen LogP contribution in [-0.2, 0) is 0 Å². The number of hydrogen-bond acceptors (Lipinski definition) is 2. The van der Waals surface area contributed by atoms with E-state index < -0.39 is 0 Å². The average Bonchev–Trinajstić information content (AvgIpc) is 2.37. The molecule has 1 aromatic rings. The standard InChI is InChI=1S/C13H16Cl3NS/c1-8(17-9-3-2-6-18-7-9)10-4-5-11(14)13(16)12(10)15/h4-5,8-9,17H,2-3,6-7H2,1H3. The number of thioether (sulfide) groups is 1. The topological polar surface area (TPSA) is 12.0 Å². The van der Waals surface area contributed by atoms with Gasteiger partial charge in [0.2, 0.25) is 0 Å². The van der Waals surface area contributed by atoms with Gasteiger partial charge in [-0.05, 0) is 37.1 Å². The summed E-state index contributed by atoms with van der Waals surface area (Å²) in [6.07, 6.45) is 2.51. The summed E-state index contributed by atoms with van der Waals surface area (Å²) in [7, 11) is 0. The molecule has 0 bridgehead atoms. The van der Waals surface area contributed by atoms with Crippen LogP contribution in [0.15, 0.2) is 12.1 Å². The number of hydrogen-bond donors (Lipinski definition) is 1. The summed E-state index contributed by atoms with van der Waals surface area (Å²) in [5, 5.41) is 5.13. The van der Waals surface area contributed by atoms with E-state index in [1.165, 1.54) is 24.3 Å². The van der Waals surface area contributed by atoms with Gasteiger partial charge < -0.3 is 5.32 Å². The minimum Gasteiger partial charge on any atom is -0.307 e. The molecule has 2 unspecified atom stereocenters. The van der Waals surface area contributed by atoms with E-state index in [0.29, 0.717) is 21.1 Å². The zero-order valence-electron chi connectivity index (χ0n) is 10.2. The van der Waals surface area contributed by atoms with Crippen LogP contribution in [-0.4, -0.2) is 17.5 Å². The lowest BCUT2D eigenvalue weighted by atomic mass is 10.1. The lowest BCUT2D eigenvalue weighted by Gasteiger charge is -2.27. The van der Waals surface area contributed by atoms with E-state index >= 15 is 0 Å². The molecule has 2 atom stereocenters. The Kier molecular flexibility index (Phi) is 5.52. The molecule has 2 rings (SSSR count). The summed E-state index contributed by atoms with van der Waals surface area (Å²) in [6, 6.07) is 4.50. The monoisotopic (exact) mass is 323 g/mol. The Morgan fingerprint density at radius 2 is 2.06 bits per heavy atom. The third-order valence-corrected chi connectivity index (χ3v) is 5.70. The molecule has 100 valence electrons. The Morgan fingerprint density at radius 3 is 2.72 bits per heavy atom. The Labute approximate surface area is 128 Å². The minimum atomic E-state index is 0.191. The van der Waals surface area contributed by atoms with E-state index in [9.17, 15) is 0 Å². The highest BCUT2D eigenvalue weighted by molar-refractivity contribution is 7.99. The van der Waals surface area contributed by atoms with Crippen molar-refractivity contribution in [1.29, 1.82) is 0 Å². The van der Waals surface area contributed by atoms with Gasteiger partial charge in [0.25, 0.3) is 0 Å². The fourth-order valence-electron chi connectivity index (χ4n) is 2.19. The van der Waals surface area contributed by atoms with E-state index in [-0.39, 0.29) is 6.04 Å². The molecule has 1 aliphatic rings. The summed E-state index contributed by atoms with van der Waals surface area (Å²) in [5.41, 5.74) is 1.02. The molecule has 5 heteroatoms. The maximum Gasteiger partial charge on any atom is 0.0781 e. The van der Waals surface area contributed by atoms with Gasteiger partial charge >= 0.3 is 0 Å². The second-order valence-electron chi connectivity index (χ2n) is 4.57. The minimum absolute atomic E-state index is 0.191. The third-order valence-electron chi connectivity index (χ3n) is 3.18. The van der Waals surface area contributed by atoms with Crippen LogP contribution in [0.1, 0.15) is 31.4 Å². The zero-order chi connectivity index (χ0) is 13.1. The predicted molar refractivity (Wildman–Crippen MR) is 83.4 cm³/mol. The fourth-order valence-corrected chi connectivity index (χ4v) is 3.98. The van der Waals surface area contributed by atoms with Crippen molar-refractivity contribution in [3.63, 3.8) is 0 Å². The number of rotatable bonds is 3. The van der Waals surface area contributed by atoms with Gasteiger partial charge in [0.05, 0.1) is 15.1 Å². The molecule has 1 saturated heterocycles. The molecule has 18 heavy (non-hydrogen) atoms. The maximum atomic E-state index is 6.25. The second-order valence-corrected chi connectivity index (χ2v) is 6.88. The van der Waals surface area contributed by atoms with Crippen LogP contribution in [0.5, 0.6) is 0 Å². The van der Waals surface area contributed by atoms with Crippen LogP contribution in [0, 0.1) is 0 Å². The van der Waals surface area contributed by atoms with Crippen LogP contribution < -0.4 is 5.32 Å². The molecule has 0 aliphatic carbocycles. The van der Waals surface area contributed by atoms with Crippen molar-refractivity contribution in [2.24, 2.45) is 0 Å². The molecule has 0 saturated carbocycles. The fraction of sp³-hybridized carbons (Fsp3) is 0.538. The van der Waals surface area contributed by atoms with Crippen LogP contribution >= 0.6 is 46.6 Å². The van der Waals surface area contributed by atoms with Gasteiger partial charge in [0, 0.05) is 17.8 Å². The van der Waals surface area contributed by atoms with Crippen molar-refractivity contribution in [3.8, 4) is 0 Å². The van der Waals surface area contributed by atoms with Gasteiger partial charge in [-0.15, -0.1) is 0 Å². The summed E-state index contributed by atoms with van der Waals surface area (Å²) in [5.74, 6) is 2.45. The summed E-state index contributed by atoms with van der Waals surface area (Å²) >= 11 is 20.3. The van der Waals surface area contributed by atoms with Crippen LogP contribution in [0.3, 0.4) is 0 Å². The van der Waals surface area contributed by atoms with Crippen molar-refractivity contribution in [1.82, 2.24) is 5.32 Å².